The fourth-order valence-corrected chi connectivity index (χ4v) is 2.41. The smallest absolute Gasteiger partial charge is 0.113 e. The van der Waals surface area contributed by atoms with Crippen LogP contribution in [0.4, 0.5) is 0 Å². The van der Waals surface area contributed by atoms with Crippen LogP contribution in [0.3, 0.4) is 0 Å². The van der Waals surface area contributed by atoms with Crippen molar-refractivity contribution in [1.29, 1.82) is 0 Å². The van der Waals surface area contributed by atoms with Crippen LogP contribution in [-0.4, -0.2) is 5.11 Å². The molecule has 1 heterocycles. The molecule has 2 heteroatoms. The van der Waals surface area contributed by atoms with Crippen LogP contribution in [-0.2, 0) is 0 Å². The molecule has 1 aromatic heterocycles. The summed E-state index contributed by atoms with van der Waals surface area (Å²) in [5.41, 5.74) is 2.27. The van der Waals surface area contributed by atoms with Crippen LogP contribution in [0.1, 0.15) is 41.9 Å². The van der Waals surface area contributed by atoms with Crippen LogP contribution in [0.15, 0.2) is 41.8 Å². The van der Waals surface area contributed by atoms with Crippen molar-refractivity contribution < 1.29 is 5.11 Å². The number of aliphatic hydroxyl groups is 1. The summed E-state index contributed by atoms with van der Waals surface area (Å²) in [5, 5.41) is 12.1. The Morgan fingerprint density at radius 1 is 1.00 bits per heavy atom. The summed E-state index contributed by atoms with van der Waals surface area (Å²) in [6, 6.07) is 12.1. The Balaban J connectivity index is 2.22. The summed E-state index contributed by atoms with van der Waals surface area (Å²) in [7, 11) is 0. The third-order valence-corrected chi connectivity index (χ3v) is 3.66. The standard InChI is InChI=1S/C14H16OS/c1-10(2)11-5-7-12(8-6-11)14(15)13-4-3-9-16-13/h3-10,14-15H,1-2H3/t14-/m1/s1. The Hall–Kier alpha value is -1.12. The molecule has 0 amide bonds. The lowest BCUT2D eigenvalue weighted by Crippen LogP contribution is -1.97. The molecule has 0 saturated heterocycles. The molecule has 0 bridgehead atoms. The summed E-state index contributed by atoms with van der Waals surface area (Å²) in [4.78, 5) is 0.997. The van der Waals surface area contributed by atoms with E-state index in [-0.39, 0.29) is 0 Å². The monoisotopic (exact) mass is 232 g/mol. The van der Waals surface area contributed by atoms with E-state index in [2.05, 4.69) is 26.0 Å². The first-order chi connectivity index (χ1) is 7.68. The molecule has 0 unspecified atom stereocenters. The molecule has 16 heavy (non-hydrogen) atoms. The Kier molecular flexibility index (Phi) is 3.42. The average molecular weight is 232 g/mol. The highest BCUT2D eigenvalue weighted by molar-refractivity contribution is 7.10. The van der Waals surface area contributed by atoms with Crippen molar-refractivity contribution in [2.45, 2.75) is 25.9 Å². The molecule has 2 aromatic rings. The lowest BCUT2D eigenvalue weighted by atomic mass is 9.99. The zero-order valence-electron chi connectivity index (χ0n) is 9.55. The van der Waals surface area contributed by atoms with Crippen LogP contribution in [0.2, 0.25) is 0 Å². The molecule has 0 aliphatic carbocycles. The number of aliphatic hydroxyl groups excluding tert-OH is 1. The van der Waals surface area contributed by atoms with Crippen molar-refractivity contribution in [3.05, 3.63) is 57.8 Å². The molecular formula is C14H16OS. The maximum Gasteiger partial charge on any atom is 0.113 e. The van der Waals surface area contributed by atoms with Crippen molar-refractivity contribution in [3.63, 3.8) is 0 Å². The summed E-state index contributed by atoms with van der Waals surface area (Å²) in [5.74, 6) is 0.535. The summed E-state index contributed by atoms with van der Waals surface area (Å²) < 4.78 is 0. The minimum Gasteiger partial charge on any atom is -0.383 e. The highest BCUT2D eigenvalue weighted by atomic mass is 32.1. The minimum absolute atomic E-state index is 0.485. The number of thiophene rings is 1. The second kappa shape index (κ2) is 4.81. The van der Waals surface area contributed by atoms with Crippen LogP contribution >= 0.6 is 11.3 Å². The Morgan fingerprint density at radius 2 is 1.62 bits per heavy atom. The Morgan fingerprint density at radius 3 is 2.12 bits per heavy atom. The largest absolute Gasteiger partial charge is 0.383 e. The van der Waals surface area contributed by atoms with E-state index in [0.717, 1.165) is 10.4 Å². The summed E-state index contributed by atoms with van der Waals surface area (Å²) >= 11 is 1.59. The molecule has 0 aliphatic heterocycles. The van der Waals surface area contributed by atoms with Crippen molar-refractivity contribution in [2.24, 2.45) is 0 Å². The van der Waals surface area contributed by atoms with Crippen molar-refractivity contribution in [2.75, 3.05) is 0 Å². The molecule has 1 aromatic carbocycles. The maximum absolute atomic E-state index is 10.1. The van der Waals surface area contributed by atoms with Crippen molar-refractivity contribution in [1.82, 2.24) is 0 Å². The van der Waals surface area contributed by atoms with E-state index in [0.29, 0.717) is 5.92 Å². The number of hydrogen-bond donors (Lipinski definition) is 1. The van der Waals surface area contributed by atoms with Gasteiger partial charge < -0.3 is 5.11 Å². The maximum atomic E-state index is 10.1. The van der Waals surface area contributed by atoms with Gasteiger partial charge in [-0.25, -0.2) is 0 Å². The first kappa shape index (κ1) is 11.4. The topological polar surface area (TPSA) is 20.2 Å². The van der Waals surface area contributed by atoms with E-state index in [1.54, 1.807) is 11.3 Å². The van der Waals surface area contributed by atoms with Gasteiger partial charge in [0.2, 0.25) is 0 Å². The molecule has 1 atom stereocenters. The predicted molar refractivity (Wildman–Crippen MR) is 68.9 cm³/mol. The molecule has 0 fully saturated rings. The molecule has 84 valence electrons. The first-order valence-corrected chi connectivity index (χ1v) is 6.38. The molecule has 0 saturated carbocycles. The van der Waals surface area contributed by atoms with Gasteiger partial charge in [-0.3, -0.25) is 0 Å². The summed E-state index contributed by atoms with van der Waals surface area (Å²) in [6.07, 6.45) is -0.485. The van der Waals surface area contributed by atoms with Crippen LogP contribution in [0.5, 0.6) is 0 Å². The second-order valence-electron chi connectivity index (χ2n) is 4.24. The fourth-order valence-electron chi connectivity index (χ4n) is 1.67. The highest BCUT2D eigenvalue weighted by Crippen LogP contribution is 2.26. The average Bonchev–Trinajstić information content (AvgIpc) is 2.81. The minimum atomic E-state index is -0.485. The van der Waals surface area contributed by atoms with Gasteiger partial charge in [0.05, 0.1) is 0 Å². The quantitative estimate of drug-likeness (QED) is 0.849. The van der Waals surface area contributed by atoms with Gasteiger partial charge in [0.1, 0.15) is 6.10 Å². The van der Waals surface area contributed by atoms with Crippen LogP contribution < -0.4 is 0 Å². The normalized spacial score (nSPS) is 13.0. The fraction of sp³-hybridized carbons (Fsp3) is 0.286. The van der Waals surface area contributed by atoms with Crippen molar-refractivity contribution in [3.8, 4) is 0 Å². The van der Waals surface area contributed by atoms with Crippen LogP contribution in [0, 0.1) is 0 Å². The van der Waals surface area contributed by atoms with Gasteiger partial charge in [-0.2, -0.15) is 0 Å². The molecular weight excluding hydrogens is 216 g/mol. The predicted octanol–water partition coefficient (Wildman–Crippen LogP) is 3.95. The zero-order chi connectivity index (χ0) is 11.5. The molecule has 2 rings (SSSR count). The number of benzene rings is 1. The van der Waals surface area contributed by atoms with Crippen molar-refractivity contribution >= 4 is 11.3 Å². The van der Waals surface area contributed by atoms with E-state index < -0.39 is 6.10 Å². The van der Waals surface area contributed by atoms with E-state index in [1.807, 2.05) is 29.6 Å². The lowest BCUT2D eigenvalue weighted by Gasteiger charge is -2.11. The van der Waals surface area contributed by atoms with Gasteiger partial charge in [-0.1, -0.05) is 44.2 Å². The van der Waals surface area contributed by atoms with E-state index in [9.17, 15) is 5.11 Å². The molecule has 1 N–H and O–H groups in total. The SMILES string of the molecule is CC(C)c1ccc([C@@H](O)c2cccs2)cc1. The highest BCUT2D eigenvalue weighted by Gasteiger charge is 2.11. The Bertz CT molecular complexity index is 428. The van der Waals surface area contributed by atoms with Gasteiger partial charge >= 0.3 is 0 Å². The number of hydrogen-bond acceptors (Lipinski definition) is 2. The van der Waals surface area contributed by atoms with Gasteiger partial charge in [-0.15, -0.1) is 11.3 Å². The third kappa shape index (κ3) is 2.34. The van der Waals surface area contributed by atoms with Gasteiger partial charge in [0.15, 0.2) is 0 Å². The Labute approximate surface area is 100 Å². The van der Waals surface area contributed by atoms with E-state index >= 15 is 0 Å². The summed E-state index contributed by atoms with van der Waals surface area (Å²) in [6.45, 7) is 4.34. The molecule has 0 radical (unpaired) electrons. The number of rotatable bonds is 3. The molecule has 0 spiro atoms. The van der Waals surface area contributed by atoms with E-state index in [1.165, 1.54) is 5.56 Å². The van der Waals surface area contributed by atoms with Crippen LogP contribution in [0.25, 0.3) is 0 Å². The van der Waals surface area contributed by atoms with Gasteiger partial charge in [0, 0.05) is 4.88 Å². The third-order valence-electron chi connectivity index (χ3n) is 2.73. The zero-order valence-corrected chi connectivity index (χ0v) is 10.4. The first-order valence-electron chi connectivity index (χ1n) is 5.50. The van der Waals surface area contributed by atoms with Gasteiger partial charge in [-0.05, 0) is 28.5 Å². The van der Waals surface area contributed by atoms with E-state index in [4.69, 9.17) is 0 Å². The lowest BCUT2D eigenvalue weighted by molar-refractivity contribution is 0.224. The van der Waals surface area contributed by atoms with Gasteiger partial charge in [0.25, 0.3) is 0 Å². The molecule has 1 nitrogen and oxygen atoms in total. The molecule has 0 aliphatic rings. The second-order valence-corrected chi connectivity index (χ2v) is 5.22.